The van der Waals surface area contributed by atoms with E-state index in [0.29, 0.717) is 6.54 Å². The zero-order valence-corrected chi connectivity index (χ0v) is 9.31. The number of aryl methyl sites for hydroxylation is 1. The number of aliphatic hydroxyl groups excluding tert-OH is 1. The molecule has 1 aromatic heterocycles. The summed E-state index contributed by atoms with van der Waals surface area (Å²) < 4.78 is 0. The van der Waals surface area contributed by atoms with Crippen LogP contribution in [0.2, 0.25) is 0 Å². The summed E-state index contributed by atoms with van der Waals surface area (Å²) in [6.45, 7) is 3.75. The number of hydrogen-bond donors (Lipinski definition) is 3. The fourth-order valence-electron chi connectivity index (χ4n) is 1.38. The average Bonchev–Trinajstić information content (AvgIpc) is 2.60. The Morgan fingerprint density at radius 2 is 2.43 bits per heavy atom. The maximum atomic E-state index is 8.67. The molecule has 0 aromatic carbocycles. The van der Waals surface area contributed by atoms with Crippen LogP contribution in [0.15, 0.2) is 11.4 Å². The van der Waals surface area contributed by atoms with E-state index in [1.165, 1.54) is 10.4 Å². The zero-order valence-electron chi connectivity index (χ0n) is 8.49. The van der Waals surface area contributed by atoms with Crippen molar-refractivity contribution in [1.29, 1.82) is 0 Å². The third-order valence-electron chi connectivity index (χ3n) is 2.18. The van der Waals surface area contributed by atoms with Gasteiger partial charge >= 0.3 is 0 Å². The van der Waals surface area contributed by atoms with Gasteiger partial charge in [-0.15, -0.1) is 11.3 Å². The lowest BCUT2D eigenvalue weighted by atomic mass is 10.1. The molecular weight excluding hydrogens is 196 g/mol. The van der Waals surface area contributed by atoms with Crippen molar-refractivity contribution in [3.63, 3.8) is 0 Å². The van der Waals surface area contributed by atoms with Gasteiger partial charge in [0.05, 0.1) is 6.04 Å². The number of nitrogens with one attached hydrogen (secondary N) is 1. The molecule has 4 N–H and O–H groups in total. The van der Waals surface area contributed by atoms with Crippen molar-refractivity contribution in [2.75, 3.05) is 19.7 Å². The van der Waals surface area contributed by atoms with Crippen molar-refractivity contribution in [2.45, 2.75) is 19.4 Å². The topological polar surface area (TPSA) is 58.3 Å². The number of thiophene rings is 1. The second-order valence-electron chi connectivity index (χ2n) is 3.29. The number of hydrogen-bond acceptors (Lipinski definition) is 4. The molecule has 0 fully saturated rings. The molecule has 1 rings (SSSR count). The Kier molecular flexibility index (Phi) is 5.11. The van der Waals surface area contributed by atoms with Gasteiger partial charge in [0.15, 0.2) is 0 Å². The maximum absolute atomic E-state index is 8.67. The van der Waals surface area contributed by atoms with Gasteiger partial charge in [-0.05, 0) is 36.9 Å². The van der Waals surface area contributed by atoms with Crippen LogP contribution in [0, 0.1) is 6.92 Å². The molecule has 0 radical (unpaired) electrons. The van der Waals surface area contributed by atoms with Crippen molar-refractivity contribution in [3.05, 3.63) is 21.9 Å². The van der Waals surface area contributed by atoms with Gasteiger partial charge < -0.3 is 16.2 Å². The van der Waals surface area contributed by atoms with Gasteiger partial charge in [0, 0.05) is 18.0 Å². The Balaban J connectivity index is 2.50. The minimum atomic E-state index is 0.230. The summed E-state index contributed by atoms with van der Waals surface area (Å²) in [5, 5.41) is 14.1. The summed E-state index contributed by atoms with van der Waals surface area (Å²) in [6, 6.07) is 2.35. The van der Waals surface area contributed by atoms with E-state index >= 15 is 0 Å². The molecule has 14 heavy (non-hydrogen) atoms. The van der Waals surface area contributed by atoms with Gasteiger partial charge in [0.1, 0.15) is 0 Å². The number of aliphatic hydroxyl groups is 1. The van der Waals surface area contributed by atoms with E-state index in [0.717, 1.165) is 13.0 Å². The molecule has 80 valence electrons. The highest BCUT2D eigenvalue weighted by molar-refractivity contribution is 7.10. The van der Waals surface area contributed by atoms with Crippen LogP contribution in [-0.2, 0) is 0 Å². The van der Waals surface area contributed by atoms with Crippen LogP contribution in [0.25, 0.3) is 0 Å². The zero-order chi connectivity index (χ0) is 10.4. The second-order valence-corrected chi connectivity index (χ2v) is 4.24. The molecule has 1 aromatic rings. The summed E-state index contributed by atoms with van der Waals surface area (Å²) in [6.07, 6.45) is 0.779. The predicted molar refractivity (Wildman–Crippen MR) is 60.6 cm³/mol. The fourth-order valence-corrected chi connectivity index (χ4v) is 2.40. The largest absolute Gasteiger partial charge is 0.396 e. The van der Waals surface area contributed by atoms with Crippen molar-refractivity contribution in [1.82, 2.24) is 5.32 Å². The predicted octanol–water partition coefficient (Wildman–Crippen LogP) is 1.03. The standard InChI is InChI=1S/C10H18N2OS/c1-8-3-6-14-10(8)9(7-11)12-4-2-5-13/h3,6,9,12-13H,2,4-5,7,11H2,1H3. The fraction of sp³-hybridized carbons (Fsp3) is 0.600. The van der Waals surface area contributed by atoms with Crippen molar-refractivity contribution < 1.29 is 5.11 Å². The highest BCUT2D eigenvalue weighted by atomic mass is 32.1. The molecule has 0 saturated carbocycles. The Labute approximate surface area is 88.9 Å². The van der Waals surface area contributed by atoms with E-state index in [4.69, 9.17) is 10.8 Å². The minimum absolute atomic E-state index is 0.230. The van der Waals surface area contributed by atoms with Crippen LogP contribution < -0.4 is 11.1 Å². The third kappa shape index (κ3) is 3.06. The average molecular weight is 214 g/mol. The van der Waals surface area contributed by atoms with Crippen LogP contribution in [0.3, 0.4) is 0 Å². The smallest absolute Gasteiger partial charge is 0.0541 e. The van der Waals surface area contributed by atoms with E-state index in [9.17, 15) is 0 Å². The lowest BCUT2D eigenvalue weighted by Gasteiger charge is -2.16. The SMILES string of the molecule is Cc1ccsc1C(CN)NCCCO. The van der Waals surface area contributed by atoms with Gasteiger partial charge in [-0.1, -0.05) is 0 Å². The van der Waals surface area contributed by atoms with Crippen LogP contribution in [0.4, 0.5) is 0 Å². The molecule has 0 bridgehead atoms. The van der Waals surface area contributed by atoms with Crippen LogP contribution in [0.5, 0.6) is 0 Å². The van der Waals surface area contributed by atoms with E-state index in [1.807, 2.05) is 0 Å². The Morgan fingerprint density at radius 1 is 1.64 bits per heavy atom. The molecule has 0 aliphatic heterocycles. The first-order valence-electron chi connectivity index (χ1n) is 4.88. The molecule has 0 amide bonds. The normalized spacial score (nSPS) is 13.1. The van der Waals surface area contributed by atoms with E-state index < -0.39 is 0 Å². The Bertz CT molecular complexity index is 262. The van der Waals surface area contributed by atoms with Crippen molar-refractivity contribution in [3.8, 4) is 0 Å². The minimum Gasteiger partial charge on any atom is -0.396 e. The Hall–Kier alpha value is -0.420. The molecular formula is C10H18N2OS. The van der Waals surface area contributed by atoms with E-state index in [-0.39, 0.29) is 12.6 Å². The lowest BCUT2D eigenvalue weighted by Crippen LogP contribution is -2.29. The first-order chi connectivity index (χ1) is 6.79. The molecule has 0 aliphatic rings. The van der Waals surface area contributed by atoms with Crippen LogP contribution >= 0.6 is 11.3 Å². The summed E-state index contributed by atoms with van der Waals surface area (Å²) in [7, 11) is 0. The molecule has 1 unspecified atom stereocenters. The maximum Gasteiger partial charge on any atom is 0.0541 e. The van der Waals surface area contributed by atoms with E-state index in [2.05, 4.69) is 23.7 Å². The molecule has 0 saturated heterocycles. The van der Waals surface area contributed by atoms with Crippen molar-refractivity contribution in [2.24, 2.45) is 5.73 Å². The highest BCUT2D eigenvalue weighted by Crippen LogP contribution is 2.22. The quantitative estimate of drug-likeness (QED) is 0.620. The Morgan fingerprint density at radius 3 is 2.93 bits per heavy atom. The van der Waals surface area contributed by atoms with Gasteiger partial charge in [-0.25, -0.2) is 0 Å². The van der Waals surface area contributed by atoms with E-state index in [1.54, 1.807) is 11.3 Å². The van der Waals surface area contributed by atoms with Gasteiger partial charge in [-0.2, -0.15) is 0 Å². The first kappa shape index (κ1) is 11.7. The summed E-state index contributed by atoms with van der Waals surface area (Å²) in [4.78, 5) is 1.31. The summed E-state index contributed by atoms with van der Waals surface area (Å²) >= 11 is 1.74. The third-order valence-corrected chi connectivity index (χ3v) is 3.31. The first-order valence-corrected chi connectivity index (χ1v) is 5.76. The molecule has 1 heterocycles. The summed E-state index contributed by atoms with van der Waals surface area (Å²) in [5.41, 5.74) is 6.99. The number of nitrogens with two attached hydrogens (primary N) is 1. The molecule has 0 spiro atoms. The van der Waals surface area contributed by atoms with Gasteiger partial charge in [0.25, 0.3) is 0 Å². The summed E-state index contributed by atoms with van der Waals surface area (Å²) in [5.74, 6) is 0. The van der Waals surface area contributed by atoms with Gasteiger partial charge in [-0.3, -0.25) is 0 Å². The van der Waals surface area contributed by atoms with Crippen LogP contribution in [-0.4, -0.2) is 24.8 Å². The highest BCUT2D eigenvalue weighted by Gasteiger charge is 2.11. The lowest BCUT2D eigenvalue weighted by molar-refractivity contribution is 0.283. The molecule has 3 nitrogen and oxygen atoms in total. The van der Waals surface area contributed by atoms with Crippen LogP contribution in [0.1, 0.15) is 22.9 Å². The van der Waals surface area contributed by atoms with Crippen molar-refractivity contribution >= 4 is 11.3 Å². The number of rotatable bonds is 6. The van der Waals surface area contributed by atoms with Gasteiger partial charge in [0.2, 0.25) is 0 Å². The monoisotopic (exact) mass is 214 g/mol. The molecule has 1 atom stereocenters. The second kappa shape index (κ2) is 6.14. The molecule has 0 aliphatic carbocycles. The molecule has 4 heteroatoms.